The first kappa shape index (κ1) is 19.0. The van der Waals surface area contributed by atoms with E-state index in [1.165, 1.54) is 24.3 Å². The molecule has 0 unspecified atom stereocenters. The Hall–Kier alpha value is -3.75. The number of halogens is 1. The van der Waals surface area contributed by atoms with Crippen molar-refractivity contribution in [2.45, 2.75) is 13.5 Å². The topological polar surface area (TPSA) is 110 Å². The summed E-state index contributed by atoms with van der Waals surface area (Å²) in [4.78, 5) is 48.1. The molecule has 8 nitrogen and oxygen atoms in total. The van der Waals surface area contributed by atoms with Crippen molar-refractivity contribution in [3.8, 4) is 0 Å². The molecule has 0 saturated carbocycles. The number of fused-ring (bicyclic) bond motifs is 1. The van der Waals surface area contributed by atoms with Crippen molar-refractivity contribution in [1.82, 2.24) is 9.78 Å². The van der Waals surface area contributed by atoms with Gasteiger partial charge >= 0.3 is 5.97 Å². The lowest BCUT2D eigenvalue weighted by Gasteiger charge is -2.09. The predicted octanol–water partition coefficient (Wildman–Crippen LogP) is 1.32. The largest absolute Gasteiger partial charge is 0.454 e. The third-order valence-corrected chi connectivity index (χ3v) is 3.99. The van der Waals surface area contributed by atoms with Gasteiger partial charge in [-0.2, -0.15) is 0 Å². The summed E-state index contributed by atoms with van der Waals surface area (Å²) in [6, 6.07) is 10.4. The summed E-state index contributed by atoms with van der Waals surface area (Å²) >= 11 is 0. The number of aromatic amines is 1. The summed E-state index contributed by atoms with van der Waals surface area (Å²) in [5.74, 6) is -2.04. The fraction of sp³-hybridized carbons (Fsp3) is 0.158. The number of benzene rings is 2. The van der Waals surface area contributed by atoms with Crippen molar-refractivity contribution in [3.05, 3.63) is 74.6 Å². The predicted molar refractivity (Wildman–Crippen MR) is 99.6 cm³/mol. The molecule has 2 aromatic carbocycles. The number of hydrogen-bond acceptors (Lipinski definition) is 5. The van der Waals surface area contributed by atoms with Gasteiger partial charge in [-0.3, -0.25) is 24.3 Å². The Balaban J connectivity index is 1.63. The smallest absolute Gasteiger partial charge is 0.328 e. The number of nitrogens with one attached hydrogen (secondary N) is 2. The van der Waals surface area contributed by atoms with Gasteiger partial charge in [0, 0.05) is 5.69 Å². The molecule has 144 valence electrons. The molecule has 0 aliphatic heterocycles. The van der Waals surface area contributed by atoms with E-state index in [0.717, 1.165) is 10.7 Å². The van der Waals surface area contributed by atoms with Gasteiger partial charge in [-0.15, -0.1) is 0 Å². The van der Waals surface area contributed by atoms with E-state index in [-0.39, 0.29) is 16.5 Å². The lowest BCUT2D eigenvalue weighted by molar-refractivity contribution is -0.148. The molecule has 9 heteroatoms. The van der Waals surface area contributed by atoms with Crippen LogP contribution in [0.15, 0.2) is 52.1 Å². The second kappa shape index (κ2) is 7.87. The molecule has 1 aromatic heterocycles. The molecule has 0 aliphatic carbocycles. The van der Waals surface area contributed by atoms with Gasteiger partial charge in [0.15, 0.2) is 6.61 Å². The summed E-state index contributed by atoms with van der Waals surface area (Å²) in [6.45, 7) is 0.397. The minimum absolute atomic E-state index is 0.165. The molecule has 3 rings (SSSR count). The Labute approximate surface area is 157 Å². The van der Waals surface area contributed by atoms with Crippen LogP contribution in [0.1, 0.15) is 5.56 Å². The number of carbonyl (C=O) groups is 2. The van der Waals surface area contributed by atoms with Gasteiger partial charge in [0.1, 0.15) is 12.4 Å². The van der Waals surface area contributed by atoms with E-state index >= 15 is 0 Å². The van der Waals surface area contributed by atoms with Crippen molar-refractivity contribution in [2.24, 2.45) is 0 Å². The Morgan fingerprint density at radius 1 is 1.14 bits per heavy atom. The summed E-state index contributed by atoms with van der Waals surface area (Å²) in [5, 5.41) is 5.06. The number of H-pyrrole nitrogens is 1. The molecule has 0 radical (unpaired) electrons. The number of aryl methyl sites for hydroxylation is 1. The number of carbonyl (C=O) groups excluding carboxylic acids is 2. The highest BCUT2D eigenvalue weighted by Gasteiger charge is 2.13. The quantitative estimate of drug-likeness (QED) is 0.644. The SMILES string of the molecule is Cc1ccc(NC(=O)COC(=O)Cn2[nH]c(=O)c3ccccc3c2=O)cc1F. The number of hydrogen-bond donors (Lipinski definition) is 2. The van der Waals surface area contributed by atoms with E-state index in [2.05, 4.69) is 10.4 Å². The molecule has 2 N–H and O–H groups in total. The highest BCUT2D eigenvalue weighted by Crippen LogP contribution is 2.13. The molecule has 0 aliphatic rings. The van der Waals surface area contributed by atoms with Crippen LogP contribution in [0.5, 0.6) is 0 Å². The average molecular weight is 385 g/mol. The third kappa shape index (κ3) is 4.14. The molecule has 0 fully saturated rings. The minimum atomic E-state index is -0.890. The van der Waals surface area contributed by atoms with E-state index < -0.39 is 42.0 Å². The third-order valence-electron chi connectivity index (χ3n) is 3.99. The van der Waals surface area contributed by atoms with Crippen LogP contribution in [0.4, 0.5) is 10.1 Å². The monoisotopic (exact) mass is 385 g/mol. The summed E-state index contributed by atoms with van der Waals surface area (Å²) in [5.41, 5.74) is -0.438. The van der Waals surface area contributed by atoms with Gasteiger partial charge < -0.3 is 10.1 Å². The van der Waals surface area contributed by atoms with E-state index in [0.29, 0.717) is 5.56 Å². The standard InChI is InChI=1S/C19H16FN3O5/c1-11-6-7-12(8-15(11)20)21-16(24)10-28-17(25)9-23-19(27)14-5-3-2-4-13(14)18(26)22-23/h2-8H,9-10H2,1H3,(H,21,24)(H,22,26). The Bertz CT molecular complexity index is 1180. The van der Waals surface area contributed by atoms with Gasteiger partial charge in [-0.05, 0) is 36.8 Å². The second-order valence-electron chi connectivity index (χ2n) is 6.05. The number of esters is 1. The van der Waals surface area contributed by atoms with Gasteiger partial charge in [-0.1, -0.05) is 18.2 Å². The van der Waals surface area contributed by atoms with Crippen molar-refractivity contribution in [3.63, 3.8) is 0 Å². The Morgan fingerprint density at radius 2 is 1.86 bits per heavy atom. The molecule has 1 amide bonds. The van der Waals surface area contributed by atoms with E-state index in [1.807, 2.05) is 0 Å². The first-order chi connectivity index (χ1) is 13.3. The molecule has 28 heavy (non-hydrogen) atoms. The first-order valence-electron chi connectivity index (χ1n) is 8.28. The van der Waals surface area contributed by atoms with E-state index in [4.69, 9.17) is 4.74 Å². The number of anilines is 1. The zero-order valence-corrected chi connectivity index (χ0v) is 14.8. The van der Waals surface area contributed by atoms with Crippen molar-refractivity contribution < 1.29 is 18.7 Å². The van der Waals surface area contributed by atoms with Gasteiger partial charge in [0.25, 0.3) is 17.0 Å². The maximum Gasteiger partial charge on any atom is 0.328 e. The lowest BCUT2D eigenvalue weighted by Crippen LogP contribution is -2.33. The molecule has 0 atom stereocenters. The Kier molecular flexibility index (Phi) is 5.35. The van der Waals surface area contributed by atoms with Gasteiger partial charge in [0.2, 0.25) is 0 Å². The maximum absolute atomic E-state index is 13.5. The zero-order chi connectivity index (χ0) is 20.3. The molecule has 0 spiro atoms. The molecule has 3 aromatic rings. The van der Waals surface area contributed by atoms with Crippen molar-refractivity contribution in [1.29, 1.82) is 0 Å². The zero-order valence-electron chi connectivity index (χ0n) is 14.8. The summed E-state index contributed by atoms with van der Waals surface area (Å²) < 4.78 is 19.1. The molecular formula is C19H16FN3O5. The van der Waals surface area contributed by atoms with E-state index in [1.54, 1.807) is 19.1 Å². The number of nitrogens with zero attached hydrogens (tertiary/aromatic N) is 1. The average Bonchev–Trinajstić information content (AvgIpc) is 2.67. The van der Waals surface area contributed by atoms with Gasteiger partial charge in [0.05, 0.1) is 10.8 Å². The molecular weight excluding hydrogens is 369 g/mol. The minimum Gasteiger partial charge on any atom is -0.454 e. The molecule has 0 saturated heterocycles. The van der Waals surface area contributed by atoms with Crippen LogP contribution >= 0.6 is 0 Å². The second-order valence-corrected chi connectivity index (χ2v) is 6.05. The maximum atomic E-state index is 13.5. The Morgan fingerprint density at radius 3 is 2.57 bits per heavy atom. The van der Waals surface area contributed by atoms with Gasteiger partial charge in [-0.25, -0.2) is 9.07 Å². The van der Waals surface area contributed by atoms with Crippen LogP contribution < -0.4 is 16.4 Å². The van der Waals surface area contributed by atoms with Crippen molar-refractivity contribution in [2.75, 3.05) is 11.9 Å². The van der Waals surface area contributed by atoms with Crippen LogP contribution in [0, 0.1) is 12.7 Å². The van der Waals surface area contributed by atoms with Crippen LogP contribution in [0.25, 0.3) is 10.8 Å². The number of rotatable bonds is 5. The summed E-state index contributed by atoms with van der Waals surface area (Å²) in [6.07, 6.45) is 0. The fourth-order valence-corrected chi connectivity index (χ4v) is 2.55. The van der Waals surface area contributed by atoms with Crippen LogP contribution in [0.2, 0.25) is 0 Å². The lowest BCUT2D eigenvalue weighted by atomic mass is 10.2. The molecule has 0 bridgehead atoms. The number of aromatic nitrogens is 2. The van der Waals surface area contributed by atoms with Crippen LogP contribution in [-0.4, -0.2) is 28.3 Å². The first-order valence-corrected chi connectivity index (χ1v) is 8.28. The number of amides is 1. The summed E-state index contributed by atoms with van der Waals surface area (Å²) in [7, 11) is 0. The molecule has 1 heterocycles. The van der Waals surface area contributed by atoms with Crippen LogP contribution in [-0.2, 0) is 20.9 Å². The number of ether oxygens (including phenoxy) is 1. The highest BCUT2D eigenvalue weighted by atomic mass is 19.1. The fourth-order valence-electron chi connectivity index (χ4n) is 2.55. The van der Waals surface area contributed by atoms with Crippen molar-refractivity contribution >= 4 is 28.3 Å². The van der Waals surface area contributed by atoms with E-state index in [9.17, 15) is 23.6 Å². The highest BCUT2D eigenvalue weighted by molar-refractivity contribution is 5.92. The van der Waals surface area contributed by atoms with Crippen LogP contribution in [0.3, 0.4) is 0 Å². The normalized spacial score (nSPS) is 10.6.